The summed E-state index contributed by atoms with van der Waals surface area (Å²) in [7, 11) is 0. The van der Waals surface area contributed by atoms with E-state index < -0.39 is 0 Å². The van der Waals surface area contributed by atoms with Crippen LogP contribution in [0.5, 0.6) is 0 Å². The van der Waals surface area contributed by atoms with E-state index in [1.807, 2.05) is 0 Å². The van der Waals surface area contributed by atoms with Gasteiger partial charge in [0.1, 0.15) is 0 Å². The highest BCUT2D eigenvalue weighted by atomic mass is 15.1. The van der Waals surface area contributed by atoms with E-state index in [4.69, 9.17) is 0 Å². The van der Waals surface area contributed by atoms with Crippen LogP contribution in [0.1, 0.15) is 73.8 Å². The highest BCUT2D eigenvalue weighted by molar-refractivity contribution is 5.93. The van der Waals surface area contributed by atoms with E-state index in [2.05, 4.69) is 183 Å². The first-order valence-electron chi connectivity index (χ1n) is 21.4. The number of benzene rings is 7. The zero-order valence-corrected chi connectivity index (χ0v) is 33.3. The number of hydrogen-bond acceptors (Lipinski definition) is 1. The molecule has 0 saturated heterocycles. The average molecular weight is 736 g/mol. The van der Waals surface area contributed by atoms with Gasteiger partial charge in [-0.25, -0.2) is 0 Å². The molecule has 4 fully saturated rings. The Morgan fingerprint density at radius 1 is 0.439 bits per heavy atom. The SMILES string of the molecule is Cc1cc(N(c2cccc(-c3ccccc3)c2)c2cccc3c2C(C)(C)c2ccccc2-3)ccc1-c1cccc2c1C1(c3ccccc3-2)C2CC3CC(C2)CC1C3. The molecule has 13 rings (SSSR count). The molecule has 0 radical (unpaired) electrons. The Morgan fingerprint density at radius 3 is 1.70 bits per heavy atom. The van der Waals surface area contributed by atoms with Gasteiger partial charge in [-0.2, -0.15) is 0 Å². The third-order valence-corrected chi connectivity index (χ3v) is 15.3. The van der Waals surface area contributed by atoms with Crippen molar-refractivity contribution in [2.75, 3.05) is 4.90 Å². The Morgan fingerprint density at radius 2 is 0.982 bits per heavy atom. The minimum Gasteiger partial charge on any atom is -0.310 e. The molecule has 0 atom stereocenters. The van der Waals surface area contributed by atoms with Crippen LogP contribution < -0.4 is 4.90 Å². The fraction of sp³-hybridized carbons (Fsp3) is 0.250. The zero-order chi connectivity index (χ0) is 38.0. The third-order valence-electron chi connectivity index (χ3n) is 15.3. The van der Waals surface area contributed by atoms with Gasteiger partial charge in [0.2, 0.25) is 0 Å². The molecule has 57 heavy (non-hydrogen) atoms. The van der Waals surface area contributed by atoms with Gasteiger partial charge in [0, 0.05) is 22.2 Å². The van der Waals surface area contributed by atoms with Gasteiger partial charge in [-0.15, -0.1) is 0 Å². The van der Waals surface area contributed by atoms with Crippen LogP contribution in [-0.2, 0) is 10.8 Å². The zero-order valence-electron chi connectivity index (χ0n) is 33.3. The highest BCUT2D eigenvalue weighted by Gasteiger charge is 2.62. The maximum atomic E-state index is 2.54. The standard InChI is InChI=1S/C56H49N/c1-35-28-43(26-27-44(35)47-20-12-21-48-46-19-8-10-24-51(46)56(53(47)48)40-30-36-29-37(32-40)33-41(56)31-36)57(42-17-11-16-39(34-42)38-14-5-4-6-15-38)52-25-13-22-49-45-18-7-9-23-50(45)55(2,3)54(49)52/h4-28,34,36-37,40-41H,29-33H2,1-3H3. The number of anilines is 3. The van der Waals surface area contributed by atoms with Gasteiger partial charge in [0.25, 0.3) is 0 Å². The molecule has 4 saturated carbocycles. The lowest BCUT2D eigenvalue weighted by molar-refractivity contribution is -0.0397. The summed E-state index contributed by atoms with van der Waals surface area (Å²) in [6.07, 6.45) is 7.05. The molecule has 0 aliphatic heterocycles. The molecule has 1 spiro atoms. The fourth-order valence-corrected chi connectivity index (χ4v) is 13.4. The van der Waals surface area contributed by atoms with Gasteiger partial charge >= 0.3 is 0 Å². The second-order valence-electron chi connectivity index (χ2n) is 18.6. The molecular formula is C56H49N. The Hall–Kier alpha value is -5.66. The number of fused-ring (bicyclic) bond motifs is 6. The largest absolute Gasteiger partial charge is 0.310 e. The fourth-order valence-electron chi connectivity index (χ4n) is 13.4. The van der Waals surface area contributed by atoms with E-state index in [1.165, 1.54) is 110 Å². The van der Waals surface area contributed by atoms with Crippen molar-refractivity contribution in [1.82, 2.24) is 0 Å². The lowest BCUT2D eigenvalue weighted by Crippen LogP contribution is -2.55. The lowest BCUT2D eigenvalue weighted by atomic mass is 9.42. The molecule has 0 N–H and O–H groups in total. The topological polar surface area (TPSA) is 3.24 Å². The smallest absolute Gasteiger partial charge is 0.0508 e. The number of rotatable bonds is 5. The third kappa shape index (κ3) is 4.63. The molecule has 0 heterocycles. The van der Waals surface area contributed by atoms with Crippen LogP contribution in [0.25, 0.3) is 44.5 Å². The van der Waals surface area contributed by atoms with Crippen molar-refractivity contribution in [3.8, 4) is 44.5 Å². The summed E-state index contributed by atoms with van der Waals surface area (Å²) in [6, 6.07) is 60.0. The van der Waals surface area contributed by atoms with Crippen molar-refractivity contribution in [3.05, 3.63) is 186 Å². The van der Waals surface area contributed by atoms with Crippen LogP contribution in [0.2, 0.25) is 0 Å². The van der Waals surface area contributed by atoms with E-state index in [0.29, 0.717) is 0 Å². The molecule has 278 valence electrons. The molecule has 0 aromatic heterocycles. The minimum atomic E-state index is -0.153. The highest BCUT2D eigenvalue weighted by Crippen LogP contribution is 2.70. The van der Waals surface area contributed by atoms with Crippen molar-refractivity contribution in [2.45, 2.75) is 63.7 Å². The van der Waals surface area contributed by atoms with E-state index in [-0.39, 0.29) is 10.8 Å². The summed E-state index contributed by atoms with van der Waals surface area (Å²) in [6.45, 7) is 7.17. The lowest BCUT2D eigenvalue weighted by Gasteiger charge is -2.61. The van der Waals surface area contributed by atoms with Crippen LogP contribution >= 0.6 is 0 Å². The van der Waals surface area contributed by atoms with E-state index in [0.717, 1.165) is 23.7 Å². The van der Waals surface area contributed by atoms with Crippen molar-refractivity contribution < 1.29 is 0 Å². The molecule has 4 bridgehead atoms. The van der Waals surface area contributed by atoms with E-state index >= 15 is 0 Å². The Kier molecular flexibility index (Phi) is 7.15. The summed E-state index contributed by atoms with van der Waals surface area (Å²) < 4.78 is 0. The van der Waals surface area contributed by atoms with Crippen LogP contribution in [0.3, 0.4) is 0 Å². The monoisotopic (exact) mass is 735 g/mol. The maximum absolute atomic E-state index is 2.54. The average Bonchev–Trinajstić information content (AvgIpc) is 3.67. The summed E-state index contributed by atoms with van der Waals surface area (Å²) in [4.78, 5) is 2.54. The summed E-state index contributed by atoms with van der Waals surface area (Å²) >= 11 is 0. The first-order chi connectivity index (χ1) is 27.9. The van der Waals surface area contributed by atoms with Crippen LogP contribution in [0.4, 0.5) is 17.1 Å². The molecule has 0 amide bonds. The second-order valence-corrected chi connectivity index (χ2v) is 18.6. The summed E-state index contributed by atoms with van der Waals surface area (Å²) in [5.74, 6) is 3.31. The Bertz CT molecular complexity index is 2720. The van der Waals surface area contributed by atoms with Gasteiger partial charge < -0.3 is 4.90 Å². The maximum Gasteiger partial charge on any atom is 0.0508 e. The number of nitrogens with zero attached hydrogens (tertiary/aromatic N) is 1. The molecule has 1 nitrogen and oxygen atoms in total. The van der Waals surface area contributed by atoms with Crippen molar-refractivity contribution in [3.63, 3.8) is 0 Å². The predicted molar refractivity (Wildman–Crippen MR) is 238 cm³/mol. The Labute approximate surface area is 338 Å². The van der Waals surface area contributed by atoms with E-state index in [9.17, 15) is 0 Å². The number of hydrogen-bond donors (Lipinski definition) is 0. The van der Waals surface area contributed by atoms with Gasteiger partial charge in [-0.3, -0.25) is 0 Å². The predicted octanol–water partition coefficient (Wildman–Crippen LogP) is 14.8. The van der Waals surface area contributed by atoms with E-state index in [1.54, 1.807) is 11.1 Å². The number of aryl methyl sites for hydroxylation is 1. The van der Waals surface area contributed by atoms with Gasteiger partial charge in [-0.1, -0.05) is 141 Å². The summed E-state index contributed by atoms with van der Waals surface area (Å²) in [5.41, 5.74) is 21.9. The normalized spacial score (nSPS) is 23.9. The van der Waals surface area contributed by atoms with Crippen LogP contribution in [0.15, 0.2) is 158 Å². The Balaban J connectivity index is 1.05. The van der Waals surface area contributed by atoms with Crippen molar-refractivity contribution in [2.24, 2.45) is 23.7 Å². The van der Waals surface area contributed by atoms with Gasteiger partial charge in [-0.05, 0) is 165 Å². The first-order valence-corrected chi connectivity index (χ1v) is 21.4. The molecule has 0 unspecified atom stereocenters. The molecule has 1 heteroatoms. The van der Waals surface area contributed by atoms with Crippen molar-refractivity contribution in [1.29, 1.82) is 0 Å². The molecule has 6 aliphatic rings. The van der Waals surface area contributed by atoms with Gasteiger partial charge in [0.15, 0.2) is 0 Å². The minimum absolute atomic E-state index is 0.121. The molecule has 7 aromatic rings. The van der Waals surface area contributed by atoms with Crippen LogP contribution in [-0.4, -0.2) is 0 Å². The molecule has 7 aromatic carbocycles. The van der Waals surface area contributed by atoms with Crippen molar-refractivity contribution >= 4 is 17.1 Å². The molecule has 6 aliphatic carbocycles. The summed E-state index contributed by atoms with van der Waals surface area (Å²) in [5, 5.41) is 0. The first kappa shape index (κ1) is 33.5. The quantitative estimate of drug-likeness (QED) is 0.170. The van der Waals surface area contributed by atoms with Crippen LogP contribution in [0, 0.1) is 30.6 Å². The molecular weight excluding hydrogens is 687 g/mol. The van der Waals surface area contributed by atoms with Gasteiger partial charge in [0.05, 0.1) is 5.69 Å². The second kappa shape index (κ2) is 12.2.